The third-order valence-corrected chi connectivity index (χ3v) is 4.06. The van der Waals surface area contributed by atoms with E-state index in [4.69, 9.17) is 4.74 Å². The highest BCUT2D eigenvalue weighted by Gasteiger charge is 2.39. The number of nitrogens with zero attached hydrogens (tertiary/aromatic N) is 2. The highest BCUT2D eigenvalue weighted by molar-refractivity contribution is 5.57. The van der Waals surface area contributed by atoms with E-state index in [0.717, 1.165) is 17.5 Å². The average Bonchev–Trinajstić information content (AvgIpc) is 2.40. The Hall–Kier alpha value is -2.10. The maximum atomic E-state index is 9.31. The number of hydrogen-bond acceptors (Lipinski definition) is 3. The van der Waals surface area contributed by atoms with Crippen molar-refractivity contribution < 1.29 is 4.74 Å². The van der Waals surface area contributed by atoms with Crippen molar-refractivity contribution in [2.24, 2.45) is 5.92 Å². The number of rotatable bonds is 2. The summed E-state index contributed by atoms with van der Waals surface area (Å²) in [6.07, 6.45) is 5.16. The Morgan fingerprint density at radius 2 is 1.84 bits per heavy atom. The first-order valence-electron chi connectivity index (χ1n) is 6.57. The molecule has 2 aliphatic carbocycles. The highest BCUT2D eigenvalue weighted by Crippen LogP contribution is 2.51. The van der Waals surface area contributed by atoms with Crippen molar-refractivity contribution in [2.75, 3.05) is 6.61 Å². The lowest BCUT2D eigenvalue weighted by Gasteiger charge is -2.40. The topological polar surface area (TPSA) is 56.8 Å². The van der Waals surface area contributed by atoms with E-state index in [0.29, 0.717) is 23.7 Å². The number of allylic oxidation sites excluding steroid dienone is 2. The molecule has 3 rings (SSSR count). The highest BCUT2D eigenvalue weighted by atomic mass is 16.5. The minimum absolute atomic E-state index is 0.0610. The number of hydrogen-bond donors (Lipinski definition) is 0. The summed E-state index contributed by atoms with van der Waals surface area (Å²) in [5.41, 5.74) is 3.27. The van der Waals surface area contributed by atoms with Crippen LogP contribution in [-0.2, 0) is 4.74 Å². The molecule has 0 heterocycles. The standard InChI is InChI=1S/C16H14N2O/c1-2-19-14-7-10-5-6-13(10)15-11(8-17)3-4-12(9-18)16(14)15/h3-6,10,13-14H,2,7H2,1H3/t10-,13?,14+/m0/s1. The molecule has 3 heteroatoms. The van der Waals surface area contributed by atoms with Gasteiger partial charge in [-0.15, -0.1) is 0 Å². The molecular weight excluding hydrogens is 236 g/mol. The van der Waals surface area contributed by atoms with Crippen LogP contribution in [0.15, 0.2) is 24.3 Å². The fraction of sp³-hybridized carbons (Fsp3) is 0.375. The lowest BCUT2D eigenvalue weighted by atomic mass is 9.66. The lowest BCUT2D eigenvalue weighted by Crippen LogP contribution is -2.29. The molecule has 19 heavy (non-hydrogen) atoms. The van der Waals surface area contributed by atoms with Crippen molar-refractivity contribution in [3.8, 4) is 12.1 Å². The Kier molecular flexibility index (Phi) is 2.85. The van der Waals surface area contributed by atoms with E-state index in [9.17, 15) is 10.5 Å². The van der Waals surface area contributed by atoms with Crippen molar-refractivity contribution in [1.82, 2.24) is 0 Å². The summed E-state index contributed by atoms with van der Waals surface area (Å²) in [7, 11) is 0. The van der Waals surface area contributed by atoms with E-state index in [2.05, 4.69) is 24.3 Å². The molecule has 0 saturated heterocycles. The molecule has 0 bridgehead atoms. The molecule has 0 amide bonds. The van der Waals surface area contributed by atoms with E-state index >= 15 is 0 Å². The molecular formula is C16H14N2O. The summed E-state index contributed by atoms with van der Waals surface area (Å²) in [5.74, 6) is 0.736. The second-order valence-electron chi connectivity index (χ2n) is 4.97. The van der Waals surface area contributed by atoms with Gasteiger partial charge in [0, 0.05) is 18.1 Å². The number of ether oxygens (including phenoxy) is 1. The molecule has 1 unspecified atom stereocenters. The summed E-state index contributed by atoms with van der Waals surface area (Å²) < 4.78 is 5.81. The van der Waals surface area contributed by atoms with Gasteiger partial charge in [-0.25, -0.2) is 0 Å². The zero-order valence-electron chi connectivity index (χ0n) is 10.8. The first kappa shape index (κ1) is 12.0. The molecule has 0 N–H and O–H groups in total. The molecule has 0 spiro atoms. The normalized spacial score (nSPS) is 26.6. The Balaban J connectivity index is 2.23. The van der Waals surface area contributed by atoms with Gasteiger partial charge in [0.25, 0.3) is 0 Å². The van der Waals surface area contributed by atoms with Gasteiger partial charge >= 0.3 is 0 Å². The van der Waals surface area contributed by atoms with E-state index in [-0.39, 0.29) is 12.0 Å². The smallest absolute Gasteiger partial charge is 0.0995 e. The molecule has 0 radical (unpaired) electrons. The van der Waals surface area contributed by atoms with Crippen LogP contribution in [0.3, 0.4) is 0 Å². The predicted octanol–water partition coefficient (Wildman–Crippen LogP) is 3.18. The minimum Gasteiger partial charge on any atom is -0.374 e. The van der Waals surface area contributed by atoms with Crippen molar-refractivity contribution in [3.63, 3.8) is 0 Å². The van der Waals surface area contributed by atoms with Crippen molar-refractivity contribution in [2.45, 2.75) is 25.4 Å². The molecule has 0 fully saturated rings. The van der Waals surface area contributed by atoms with Crippen molar-refractivity contribution in [3.05, 3.63) is 46.5 Å². The number of benzene rings is 1. The molecule has 2 aliphatic rings. The van der Waals surface area contributed by atoms with Gasteiger partial charge in [-0.3, -0.25) is 0 Å². The molecule has 1 aromatic rings. The van der Waals surface area contributed by atoms with Gasteiger partial charge in [0.15, 0.2) is 0 Å². The molecule has 0 aromatic heterocycles. The molecule has 1 aromatic carbocycles. The van der Waals surface area contributed by atoms with Gasteiger partial charge in [-0.1, -0.05) is 12.2 Å². The van der Waals surface area contributed by atoms with Crippen molar-refractivity contribution >= 4 is 0 Å². The first-order chi connectivity index (χ1) is 9.30. The Morgan fingerprint density at radius 3 is 2.37 bits per heavy atom. The van der Waals surface area contributed by atoms with Gasteiger partial charge in [-0.2, -0.15) is 10.5 Å². The zero-order valence-corrected chi connectivity index (χ0v) is 10.8. The summed E-state index contributed by atoms with van der Waals surface area (Å²) in [4.78, 5) is 0. The van der Waals surface area contributed by atoms with Crippen LogP contribution in [0.5, 0.6) is 0 Å². The SMILES string of the molecule is CCO[C@@H]1C[C@@H]2C=CC2c2c(C#N)ccc(C#N)c21. The second kappa shape index (κ2) is 4.53. The fourth-order valence-electron chi connectivity index (χ4n) is 3.17. The van der Waals surface area contributed by atoms with Crippen LogP contribution in [0.2, 0.25) is 0 Å². The van der Waals surface area contributed by atoms with Crippen molar-refractivity contribution in [1.29, 1.82) is 10.5 Å². The third-order valence-electron chi connectivity index (χ3n) is 4.06. The monoisotopic (exact) mass is 250 g/mol. The molecule has 3 nitrogen and oxygen atoms in total. The lowest BCUT2D eigenvalue weighted by molar-refractivity contribution is 0.0373. The maximum Gasteiger partial charge on any atom is 0.0995 e. The Bertz CT molecular complexity index is 633. The quantitative estimate of drug-likeness (QED) is 0.757. The van der Waals surface area contributed by atoms with Gasteiger partial charge in [-0.05, 0) is 37.0 Å². The van der Waals surface area contributed by atoms with Crippen LogP contribution in [-0.4, -0.2) is 6.61 Å². The Labute approximate surface area is 112 Å². The Morgan fingerprint density at radius 1 is 1.16 bits per heavy atom. The predicted molar refractivity (Wildman–Crippen MR) is 70.2 cm³/mol. The minimum atomic E-state index is -0.0610. The van der Waals surface area contributed by atoms with Crippen LogP contribution in [0, 0.1) is 28.6 Å². The average molecular weight is 250 g/mol. The van der Waals surface area contributed by atoms with Gasteiger partial charge in [0.05, 0.1) is 29.4 Å². The molecule has 3 atom stereocenters. The number of fused-ring (bicyclic) bond motifs is 3. The molecule has 0 saturated carbocycles. The fourth-order valence-corrected chi connectivity index (χ4v) is 3.17. The summed E-state index contributed by atoms with van der Waals surface area (Å²) in [5, 5.41) is 18.6. The van der Waals surface area contributed by atoms with Crippen LogP contribution in [0.1, 0.15) is 47.6 Å². The summed E-state index contributed by atoms with van der Waals surface area (Å²) in [6.45, 7) is 2.58. The van der Waals surface area contributed by atoms with Crippen LogP contribution < -0.4 is 0 Å². The van der Waals surface area contributed by atoms with Gasteiger partial charge < -0.3 is 4.74 Å². The number of nitriles is 2. The van der Waals surface area contributed by atoms with Crippen LogP contribution in [0.25, 0.3) is 0 Å². The third kappa shape index (κ3) is 1.67. The van der Waals surface area contributed by atoms with Gasteiger partial charge in [0.1, 0.15) is 0 Å². The second-order valence-corrected chi connectivity index (χ2v) is 4.97. The van der Waals surface area contributed by atoms with E-state index < -0.39 is 0 Å². The van der Waals surface area contributed by atoms with Crippen LogP contribution in [0.4, 0.5) is 0 Å². The summed E-state index contributed by atoms with van der Waals surface area (Å²) >= 11 is 0. The zero-order chi connectivity index (χ0) is 13.4. The molecule has 0 aliphatic heterocycles. The first-order valence-corrected chi connectivity index (χ1v) is 6.57. The van der Waals surface area contributed by atoms with E-state index in [1.807, 2.05) is 6.92 Å². The largest absolute Gasteiger partial charge is 0.374 e. The van der Waals surface area contributed by atoms with E-state index in [1.165, 1.54) is 0 Å². The maximum absolute atomic E-state index is 9.31. The van der Waals surface area contributed by atoms with Crippen LogP contribution >= 0.6 is 0 Å². The van der Waals surface area contributed by atoms with Gasteiger partial charge in [0.2, 0.25) is 0 Å². The molecule has 94 valence electrons. The van der Waals surface area contributed by atoms with E-state index in [1.54, 1.807) is 12.1 Å². The summed E-state index contributed by atoms with van der Waals surface area (Å²) in [6, 6.07) is 8.00.